The second-order valence-corrected chi connectivity index (χ2v) is 9.50. The molecule has 1 rings (SSSR count). The van der Waals surface area contributed by atoms with Crippen LogP contribution in [0.1, 0.15) is 33.4 Å². The Kier molecular flexibility index (Phi) is 9.34. The molecule has 0 radical (unpaired) electrons. The van der Waals surface area contributed by atoms with Gasteiger partial charge in [0.25, 0.3) is 0 Å². The van der Waals surface area contributed by atoms with Crippen LogP contribution in [0.4, 0.5) is 0 Å². The highest BCUT2D eigenvalue weighted by Crippen LogP contribution is 2.15. The summed E-state index contributed by atoms with van der Waals surface area (Å²) in [5, 5.41) is 3.21. The lowest BCUT2D eigenvalue weighted by molar-refractivity contribution is 0.462. The van der Waals surface area contributed by atoms with Gasteiger partial charge in [0.1, 0.15) is 0 Å². The second-order valence-electron chi connectivity index (χ2n) is 6.63. The molecule has 0 aliphatic rings. The van der Waals surface area contributed by atoms with Gasteiger partial charge in [0.15, 0.2) is 15.8 Å². The number of guanidine groups is 1. The molecule has 0 saturated heterocycles. The molecule has 0 amide bonds. The Balaban J connectivity index is 0.00000529. The normalized spacial score (nSPS) is 12.7. The average Bonchev–Trinajstić information content (AvgIpc) is 2.82. The van der Waals surface area contributed by atoms with Crippen LogP contribution in [0, 0.1) is 0 Å². The summed E-state index contributed by atoms with van der Waals surface area (Å²) in [7, 11) is 0.806. The van der Waals surface area contributed by atoms with Gasteiger partial charge in [0, 0.05) is 32.5 Å². The van der Waals surface area contributed by atoms with Crippen molar-refractivity contribution in [2.45, 2.75) is 39.0 Å². The molecule has 8 heteroatoms. The van der Waals surface area contributed by atoms with Gasteiger partial charge >= 0.3 is 0 Å². The summed E-state index contributed by atoms with van der Waals surface area (Å²) in [6.45, 7) is 8.87. The number of aryl methyl sites for hydroxylation is 1. The summed E-state index contributed by atoms with van der Waals surface area (Å²) in [6.07, 6.45) is 2.00. The molecule has 0 saturated carbocycles. The zero-order valence-electron chi connectivity index (χ0n) is 15.5. The number of rotatable bonds is 6. The third-order valence-electron chi connectivity index (χ3n) is 3.70. The van der Waals surface area contributed by atoms with E-state index in [9.17, 15) is 8.42 Å². The fourth-order valence-electron chi connectivity index (χ4n) is 2.03. The summed E-state index contributed by atoms with van der Waals surface area (Å²) in [5.41, 5.74) is 1.17. The maximum absolute atomic E-state index is 12.2. The fourth-order valence-corrected chi connectivity index (χ4v) is 2.97. The zero-order chi connectivity index (χ0) is 17.7. The third-order valence-corrected chi connectivity index (χ3v) is 6.29. The highest BCUT2D eigenvalue weighted by molar-refractivity contribution is 14.0. The zero-order valence-corrected chi connectivity index (χ0v) is 18.7. The van der Waals surface area contributed by atoms with Crippen LogP contribution in [0.2, 0.25) is 0 Å². The predicted octanol–water partition coefficient (Wildman–Crippen LogP) is 2.25. The smallest absolute Gasteiger partial charge is 0.194 e. The number of halogens is 1. The maximum Gasteiger partial charge on any atom is 0.194 e. The Bertz CT molecular complexity index is 633. The third kappa shape index (κ3) is 6.62. The molecule has 1 aromatic heterocycles. The Morgan fingerprint density at radius 2 is 2.00 bits per heavy atom. The van der Waals surface area contributed by atoms with Crippen molar-refractivity contribution in [2.24, 2.45) is 12.0 Å². The molecule has 0 unspecified atom stereocenters. The van der Waals surface area contributed by atoms with E-state index in [-0.39, 0.29) is 36.3 Å². The van der Waals surface area contributed by atoms with Crippen LogP contribution >= 0.6 is 24.0 Å². The van der Waals surface area contributed by atoms with E-state index in [0.29, 0.717) is 6.54 Å². The molecule has 1 aromatic rings. The lowest BCUT2D eigenvalue weighted by Gasteiger charge is -2.23. The number of aromatic nitrogens is 1. The molecule has 0 fully saturated rings. The lowest BCUT2D eigenvalue weighted by atomic mass is 10.3. The van der Waals surface area contributed by atoms with E-state index in [1.54, 1.807) is 20.8 Å². The molecule has 0 aliphatic heterocycles. The largest absolute Gasteiger partial charge is 0.357 e. The van der Waals surface area contributed by atoms with E-state index in [4.69, 9.17) is 0 Å². The molecular weight excluding hydrogens is 439 g/mol. The summed E-state index contributed by atoms with van der Waals surface area (Å²) in [6, 6.07) is 4.06. The monoisotopic (exact) mass is 470 g/mol. The van der Waals surface area contributed by atoms with Crippen LogP contribution < -0.4 is 5.32 Å². The summed E-state index contributed by atoms with van der Waals surface area (Å²) < 4.78 is 25.6. The van der Waals surface area contributed by atoms with Crippen molar-refractivity contribution in [2.75, 3.05) is 25.9 Å². The summed E-state index contributed by atoms with van der Waals surface area (Å²) in [4.78, 5) is 6.47. The molecular formula is C16H31IN4O2S. The van der Waals surface area contributed by atoms with Crippen molar-refractivity contribution in [1.82, 2.24) is 14.8 Å². The quantitative estimate of drug-likeness (QED) is 0.394. The topological polar surface area (TPSA) is 66.7 Å². The van der Waals surface area contributed by atoms with Gasteiger partial charge in [-0.3, -0.25) is 4.99 Å². The highest BCUT2D eigenvalue weighted by atomic mass is 127. The van der Waals surface area contributed by atoms with E-state index < -0.39 is 14.6 Å². The SMILES string of the molecule is CCNC(=NCCS(=O)(=O)C(C)(C)C)N(C)Cc1cccn1C.I. The van der Waals surface area contributed by atoms with Gasteiger partial charge in [-0.2, -0.15) is 0 Å². The van der Waals surface area contributed by atoms with Gasteiger partial charge in [-0.05, 0) is 39.8 Å². The second kappa shape index (κ2) is 9.65. The number of nitrogens with zero attached hydrogens (tertiary/aromatic N) is 3. The van der Waals surface area contributed by atoms with E-state index in [1.165, 1.54) is 5.69 Å². The molecule has 6 nitrogen and oxygen atoms in total. The molecule has 1 N–H and O–H groups in total. The standard InChI is InChI=1S/C16H30N4O2S.HI/c1-7-17-15(18-10-12-23(21,22)16(2,3)4)20(6)13-14-9-8-11-19(14)5;/h8-9,11H,7,10,12-13H2,1-6H3,(H,17,18);1H. The molecule has 0 atom stereocenters. The number of hydrogen-bond donors (Lipinski definition) is 1. The minimum atomic E-state index is -3.15. The van der Waals surface area contributed by atoms with Crippen LogP contribution in [0.3, 0.4) is 0 Å². The van der Waals surface area contributed by atoms with Crippen LogP contribution in [0.25, 0.3) is 0 Å². The van der Waals surface area contributed by atoms with Gasteiger partial charge in [0.2, 0.25) is 0 Å². The van der Waals surface area contributed by atoms with Crippen LogP contribution in [0.15, 0.2) is 23.3 Å². The Hall–Kier alpha value is -0.770. The van der Waals surface area contributed by atoms with Crippen LogP contribution in [-0.4, -0.2) is 54.5 Å². The first-order chi connectivity index (χ1) is 10.6. The first kappa shape index (κ1) is 23.2. The number of sulfone groups is 1. The molecule has 24 heavy (non-hydrogen) atoms. The van der Waals surface area contributed by atoms with Crippen molar-refractivity contribution in [3.63, 3.8) is 0 Å². The minimum absolute atomic E-state index is 0. The van der Waals surface area contributed by atoms with E-state index in [2.05, 4.69) is 20.9 Å². The molecule has 0 aliphatic carbocycles. The molecule has 140 valence electrons. The Labute approximate surface area is 163 Å². The average molecular weight is 470 g/mol. The van der Waals surface area contributed by atoms with Crippen molar-refractivity contribution in [3.8, 4) is 0 Å². The fraction of sp³-hybridized carbons (Fsp3) is 0.688. The highest BCUT2D eigenvalue weighted by Gasteiger charge is 2.28. The number of hydrogen-bond acceptors (Lipinski definition) is 3. The van der Waals surface area contributed by atoms with Crippen LogP contribution in [0.5, 0.6) is 0 Å². The van der Waals surface area contributed by atoms with Crippen molar-refractivity contribution in [3.05, 3.63) is 24.0 Å². The summed E-state index contributed by atoms with van der Waals surface area (Å²) >= 11 is 0. The van der Waals surface area contributed by atoms with Gasteiger partial charge in [-0.25, -0.2) is 8.42 Å². The molecule has 0 bridgehead atoms. The number of nitrogens with one attached hydrogen (secondary N) is 1. The molecule has 1 heterocycles. The van der Waals surface area contributed by atoms with Crippen molar-refractivity contribution in [1.29, 1.82) is 0 Å². The van der Waals surface area contributed by atoms with E-state index in [0.717, 1.165) is 12.5 Å². The Morgan fingerprint density at radius 3 is 2.46 bits per heavy atom. The Morgan fingerprint density at radius 1 is 1.38 bits per heavy atom. The lowest BCUT2D eigenvalue weighted by Crippen LogP contribution is -2.39. The van der Waals surface area contributed by atoms with Gasteiger partial charge in [-0.15, -0.1) is 24.0 Å². The van der Waals surface area contributed by atoms with Crippen LogP contribution in [-0.2, 0) is 23.4 Å². The first-order valence-electron chi connectivity index (χ1n) is 7.90. The first-order valence-corrected chi connectivity index (χ1v) is 9.55. The van der Waals surface area contributed by atoms with Gasteiger partial charge in [-0.1, -0.05) is 0 Å². The number of aliphatic imine (C=N–C) groups is 1. The van der Waals surface area contributed by atoms with Gasteiger partial charge in [0.05, 0.1) is 23.6 Å². The molecule has 0 spiro atoms. The van der Waals surface area contributed by atoms with Crippen molar-refractivity contribution < 1.29 is 8.42 Å². The van der Waals surface area contributed by atoms with E-state index >= 15 is 0 Å². The maximum atomic E-state index is 12.2. The molecule has 0 aromatic carbocycles. The van der Waals surface area contributed by atoms with Crippen molar-refractivity contribution >= 4 is 39.8 Å². The summed E-state index contributed by atoms with van der Waals surface area (Å²) in [5.74, 6) is 0.779. The minimum Gasteiger partial charge on any atom is -0.357 e. The van der Waals surface area contributed by atoms with Gasteiger partial charge < -0.3 is 14.8 Å². The van der Waals surface area contributed by atoms with E-state index in [1.807, 2.05) is 38.2 Å². The predicted molar refractivity (Wildman–Crippen MR) is 112 cm³/mol.